The predicted molar refractivity (Wildman–Crippen MR) is 95.8 cm³/mol. The second-order valence-electron chi connectivity index (χ2n) is 5.50. The minimum Gasteiger partial charge on any atom is -0.329 e. The number of halogens is 1. The van der Waals surface area contributed by atoms with Crippen LogP contribution < -0.4 is 15.8 Å². The first-order valence-corrected chi connectivity index (χ1v) is 9.30. The van der Waals surface area contributed by atoms with E-state index in [0.717, 1.165) is 6.07 Å². The van der Waals surface area contributed by atoms with Gasteiger partial charge >= 0.3 is 0 Å². The molecule has 26 heavy (non-hydrogen) atoms. The van der Waals surface area contributed by atoms with Crippen LogP contribution in [0.25, 0.3) is 0 Å². The van der Waals surface area contributed by atoms with Crippen LogP contribution in [-0.2, 0) is 10.0 Å². The van der Waals surface area contributed by atoms with Gasteiger partial charge < -0.3 is 11.1 Å². The van der Waals surface area contributed by atoms with Crippen molar-refractivity contribution < 1.29 is 22.4 Å². The Morgan fingerprint density at radius 1 is 1.12 bits per heavy atom. The van der Waals surface area contributed by atoms with Crippen molar-refractivity contribution in [1.29, 1.82) is 0 Å². The maximum Gasteiger partial charge on any atom is 0.264 e. The van der Waals surface area contributed by atoms with Crippen LogP contribution in [-0.4, -0.2) is 32.5 Å². The highest BCUT2D eigenvalue weighted by molar-refractivity contribution is 7.90. The van der Waals surface area contributed by atoms with Gasteiger partial charge in [0, 0.05) is 17.8 Å². The maximum atomic E-state index is 13.7. The van der Waals surface area contributed by atoms with E-state index < -0.39 is 27.7 Å². The number of nitrogens with two attached hydrogens (primary N) is 1. The minimum atomic E-state index is -3.84. The second-order valence-corrected chi connectivity index (χ2v) is 7.34. The molecule has 0 saturated carbocycles. The molecule has 7 nitrogen and oxygen atoms in total. The molecule has 9 heteroatoms. The van der Waals surface area contributed by atoms with Crippen LogP contribution in [0.3, 0.4) is 0 Å². The maximum absolute atomic E-state index is 13.7. The Morgan fingerprint density at radius 3 is 2.46 bits per heavy atom. The molecule has 0 aliphatic heterocycles. The lowest BCUT2D eigenvalue weighted by Gasteiger charge is -2.11. The summed E-state index contributed by atoms with van der Waals surface area (Å²) in [5.41, 5.74) is 5.96. The molecule has 0 atom stereocenters. The number of aryl methyl sites for hydroxylation is 1. The molecule has 0 aromatic heterocycles. The zero-order valence-corrected chi connectivity index (χ0v) is 14.8. The van der Waals surface area contributed by atoms with Gasteiger partial charge in [0.15, 0.2) is 0 Å². The van der Waals surface area contributed by atoms with Gasteiger partial charge in [0.1, 0.15) is 5.82 Å². The molecule has 2 aromatic rings. The molecule has 0 aliphatic carbocycles. The molecule has 0 spiro atoms. The van der Waals surface area contributed by atoms with Crippen LogP contribution in [0.2, 0.25) is 0 Å². The first-order valence-electron chi connectivity index (χ1n) is 7.65. The normalized spacial score (nSPS) is 11.0. The molecule has 0 fully saturated rings. The lowest BCUT2D eigenvalue weighted by atomic mass is 10.1. The highest BCUT2D eigenvalue weighted by Crippen LogP contribution is 2.19. The van der Waals surface area contributed by atoms with Crippen LogP contribution in [0.15, 0.2) is 42.5 Å². The van der Waals surface area contributed by atoms with E-state index in [-0.39, 0.29) is 29.1 Å². The fourth-order valence-electron chi connectivity index (χ4n) is 2.14. The number of nitrogens with one attached hydrogen (secondary N) is 2. The van der Waals surface area contributed by atoms with Gasteiger partial charge in [-0.3, -0.25) is 9.59 Å². The van der Waals surface area contributed by atoms with E-state index in [2.05, 4.69) is 5.32 Å². The molecule has 2 amide bonds. The molecule has 0 radical (unpaired) electrons. The molecular weight excluding hydrogens is 361 g/mol. The minimum absolute atomic E-state index is 0.0278. The average Bonchev–Trinajstić information content (AvgIpc) is 2.56. The van der Waals surface area contributed by atoms with Crippen molar-refractivity contribution in [2.75, 3.05) is 17.6 Å². The summed E-state index contributed by atoms with van der Waals surface area (Å²) < 4.78 is 38.9. The van der Waals surface area contributed by atoms with E-state index in [9.17, 15) is 22.4 Å². The van der Waals surface area contributed by atoms with Crippen LogP contribution in [0.5, 0.6) is 0 Å². The first-order chi connectivity index (χ1) is 12.2. The number of rotatable bonds is 6. The molecule has 138 valence electrons. The van der Waals surface area contributed by atoms with Crippen LogP contribution in [0.4, 0.5) is 10.1 Å². The average molecular weight is 379 g/mol. The monoisotopic (exact) mass is 379 g/mol. The summed E-state index contributed by atoms with van der Waals surface area (Å²) in [5, 5.41) is 2.52. The fourth-order valence-corrected chi connectivity index (χ4v) is 2.95. The number of carbonyl (C=O) groups is 2. The lowest BCUT2D eigenvalue weighted by Crippen LogP contribution is -2.34. The summed E-state index contributed by atoms with van der Waals surface area (Å²) in [6.07, 6.45) is 0. The van der Waals surface area contributed by atoms with Crippen molar-refractivity contribution in [2.24, 2.45) is 5.73 Å². The summed E-state index contributed by atoms with van der Waals surface area (Å²) in [4.78, 5) is 24.3. The van der Waals surface area contributed by atoms with Crippen LogP contribution in [0.1, 0.15) is 26.3 Å². The first kappa shape index (κ1) is 19.5. The summed E-state index contributed by atoms with van der Waals surface area (Å²) in [6.45, 7) is 1.56. The zero-order valence-electron chi connectivity index (χ0n) is 14.0. The van der Waals surface area contributed by atoms with Crippen LogP contribution in [0, 0.1) is 12.7 Å². The number of carbonyl (C=O) groups excluding carboxylic acids is 2. The highest BCUT2D eigenvalue weighted by atomic mass is 32.2. The summed E-state index contributed by atoms with van der Waals surface area (Å²) in [5.74, 6) is -2.59. The second kappa shape index (κ2) is 8.07. The number of sulfonamides is 1. The quantitative estimate of drug-likeness (QED) is 0.701. The summed E-state index contributed by atoms with van der Waals surface area (Å²) in [6, 6.07) is 9.76. The van der Waals surface area contributed by atoms with Crippen LogP contribution >= 0.6 is 0 Å². The SMILES string of the molecule is Cc1ccc(C(=O)NS(=O)(=O)CCN)cc1NC(=O)c1ccccc1F. The van der Waals surface area contributed by atoms with E-state index in [4.69, 9.17) is 5.73 Å². The molecule has 2 rings (SSSR count). The van der Waals surface area contributed by atoms with Gasteiger partial charge in [0.05, 0.1) is 11.3 Å². The Labute approximate surface area is 150 Å². The largest absolute Gasteiger partial charge is 0.329 e. The Bertz CT molecular complexity index is 945. The van der Waals surface area contributed by atoms with Crippen molar-refractivity contribution in [3.05, 3.63) is 65.0 Å². The number of hydrogen-bond acceptors (Lipinski definition) is 5. The van der Waals surface area contributed by atoms with Gasteiger partial charge in [-0.05, 0) is 36.8 Å². The topological polar surface area (TPSA) is 118 Å². The summed E-state index contributed by atoms with van der Waals surface area (Å²) in [7, 11) is -3.84. The van der Waals surface area contributed by atoms with E-state index in [1.807, 2.05) is 4.72 Å². The Balaban J connectivity index is 2.23. The van der Waals surface area contributed by atoms with Gasteiger partial charge in [-0.25, -0.2) is 17.5 Å². The molecule has 0 heterocycles. The summed E-state index contributed by atoms with van der Waals surface area (Å²) >= 11 is 0. The van der Waals surface area contributed by atoms with Gasteiger partial charge in [0.2, 0.25) is 10.0 Å². The molecular formula is C17H18FN3O4S. The number of amides is 2. The van der Waals surface area contributed by atoms with Gasteiger partial charge in [-0.15, -0.1) is 0 Å². The van der Waals surface area contributed by atoms with Crippen molar-refractivity contribution in [3.8, 4) is 0 Å². The smallest absolute Gasteiger partial charge is 0.264 e. The number of hydrogen-bond donors (Lipinski definition) is 3. The third kappa shape index (κ3) is 4.87. The van der Waals surface area contributed by atoms with Crippen molar-refractivity contribution in [2.45, 2.75) is 6.92 Å². The third-order valence-corrected chi connectivity index (χ3v) is 4.77. The Morgan fingerprint density at radius 2 is 1.81 bits per heavy atom. The molecule has 4 N–H and O–H groups in total. The number of anilines is 1. The van der Waals surface area contributed by atoms with E-state index in [1.165, 1.54) is 30.3 Å². The number of benzene rings is 2. The van der Waals surface area contributed by atoms with Crippen molar-refractivity contribution in [1.82, 2.24) is 4.72 Å². The van der Waals surface area contributed by atoms with Crippen molar-refractivity contribution in [3.63, 3.8) is 0 Å². The fraction of sp³-hybridized carbons (Fsp3) is 0.176. The standard InChI is InChI=1S/C17H18FN3O4S/c1-11-6-7-12(16(22)21-26(24,25)9-8-19)10-15(11)20-17(23)13-4-2-3-5-14(13)18/h2-7,10H,8-9,19H2,1H3,(H,20,23)(H,21,22). The van der Waals surface area contributed by atoms with Gasteiger partial charge in [0.25, 0.3) is 11.8 Å². The molecule has 0 unspecified atom stereocenters. The molecule has 0 saturated heterocycles. The van der Waals surface area contributed by atoms with E-state index in [0.29, 0.717) is 5.56 Å². The highest BCUT2D eigenvalue weighted by Gasteiger charge is 2.17. The molecule has 2 aromatic carbocycles. The van der Waals surface area contributed by atoms with Crippen molar-refractivity contribution >= 4 is 27.5 Å². The third-order valence-electron chi connectivity index (χ3n) is 3.50. The predicted octanol–water partition coefficient (Wildman–Crippen LogP) is 1.40. The van der Waals surface area contributed by atoms with Gasteiger partial charge in [-0.2, -0.15) is 0 Å². The van der Waals surface area contributed by atoms with Gasteiger partial charge in [-0.1, -0.05) is 18.2 Å². The zero-order chi connectivity index (χ0) is 19.3. The Kier molecular flexibility index (Phi) is 6.06. The lowest BCUT2D eigenvalue weighted by molar-refractivity contribution is 0.0978. The van der Waals surface area contributed by atoms with E-state index in [1.54, 1.807) is 13.0 Å². The Hall–Kier alpha value is -2.78. The van der Waals surface area contributed by atoms with E-state index >= 15 is 0 Å². The molecule has 0 aliphatic rings. The molecule has 0 bridgehead atoms.